The van der Waals surface area contributed by atoms with Gasteiger partial charge >= 0.3 is 0 Å². The molecule has 0 saturated heterocycles. The van der Waals surface area contributed by atoms with Gasteiger partial charge in [0.2, 0.25) is 15.9 Å². The second-order valence-corrected chi connectivity index (χ2v) is 9.70. The van der Waals surface area contributed by atoms with E-state index in [1.807, 2.05) is 0 Å². The number of sulfonamides is 1. The first-order valence-electron chi connectivity index (χ1n) is 7.78. The first-order chi connectivity index (χ1) is 11.2. The van der Waals surface area contributed by atoms with Gasteiger partial charge in [0, 0.05) is 25.3 Å². The molecule has 0 heterocycles. The smallest absolute Gasteiger partial charge is 0.240 e. The highest BCUT2D eigenvalue weighted by atomic mass is 32.2. The van der Waals surface area contributed by atoms with Crippen LogP contribution in [0.15, 0.2) is 34.1 Å². The largest absolute Gasteiger partial charge is 0.355 e. The maximum absolute atomic E-state index is 12.1. The van der Waals surface area contributed by atoms with Crippen molar-refractivity contribution in [1.29, 1.82) is 0 Å². The molecule has 0 radical (unpaired) electrons. The van der Waals surface area contributed by atoms with Crippen LogP contribution in [-0.2, 0) is 24.7 Å². The van der Waals surface area contributed by atoms with Crippen molar-refractivity contribution in [2.75, 3.05) is 19.3 Å². The predicted molar refractivity (Wildman–Crippen MR) is 89.7 cm³/mol. The second kappa shape index (κ2) is 7.62. The molecule has 1 aliphatic carbocycles. The van der Waals surface area contributed by atoms with Gasteiger partial charge in [-0.1, -0.05) is 12.8 Å². The van der Waals surface area contributed by atoms with Crippen LogP contribution in [-0.4, -0.2) is 42.1 Å². The summed E-state index contributed by atoms with van der Waals surface area (Å²) in [6, 6.07) is 5.00. The summed E-state index contributed by atoms with van der Waals surface area (Å²) in [7, 11) is -7.10. The van der Waals surface area contributed by atoms with E-state index >= 15 is 0 Å². The molecule has 0 aromatic heterocycles. The lowest BCUT2D eigenvalue weighted by molar-refractivity contribution is -0.124. The molecule has 9 heteroatoms. The Morgan fingerprint density at radius 1 is 1.00 bits per heavy atom. The highest BCUT2D eigenvalue weighted by Crippen LogP contribution is 2.24. The molecule has 0 bridgehead atoms. The van der Waals surface area contributed by atoms with E-state index in [-0.39, 0.29) is 34.7 Å². The average Bonchev–Trinajstić information content (AvgIpc) is 3.05. The summed E-state index contributed by atoms with van der Waals surface area (Å²) in [5.74, 6) is 0.0225. The van der Waals surface area contributed by atoms with Crippen molar-refractivity contribution in [3.63, 3.8) is 0 Å². The van der Waals surface area contributed by atoms with Gasteiger partial charge < -0.3 is 5.32 Å². The fraction of sp³-hybridized carbons (Fsp3) is 0.533. The van der Waals surface area contributed by atoms with E-state index in [4.69, 9.17) is 0 Å². The first kappa shape index (κ1) is 18.9. The van der Waals surface area contributed by atoms with Crippen LogP contribution >= 0.6 is 0 Å². The maximum atomic E-state index is 12.1. The zero-order chi connectivity index (χ0) is 17.8. The van der Waals surface area contributed by atoms with Gasteiger partial charge in [-0.15, -0.1) is 0 Å². The van der Waals surface area contributed by atoms with E-state index in [2.05, 4.69) is 10.0 Å². The van der Waals surface area contributed by atoms with Gasteiger partial charge in [0.05, 0.1) is 9.79 Å². The van der Waals surface area contributed by atoms with E-state index in [0.29, 0.717) is 0 Å². The van der Waals surface area contributed by atoms with Gasteiger partial charge in [-0.05, 0) is 37.1 Å². The Kier molecular flexibility index (Phi) is 6.00. The molecular weight excluding hydrogens is 352 g/mol. The number of amides is 1. The number of hydrogen-bond donors (Lipinski definition) is 2. The van der Waals surface area contributed by atoms with E-state index in [9.17, 15) is 21.6 Å². The van der Waals surface area contributed by atoms with Gasteiger partial charge in [-0.2, -0.15) is 0 Å². The third-order valence-corrected chi connectivity index (χ3v) is 6.61. The molecule has 134 valence electrons. The fourth-order valence-corrected chi connectivity index (χ4v) is 4.32. The van der Waals surface area contributed by atoms with Crippen LogP contribution in [0.2, 0.25) is 0 Å². The van der Waals surface area contributed by atoms with E-state index < -0.39 is 19.9 Å². The van der Waals surface area contributed by atoms with Crippen LogP contribution < -0.4 is 10.0 Å². The maximum Gasteiger partial charge on any atom is 0.240 e. The van der Waals surface area contributed by atoms with Crippen molar-refractivity contribution in [2.45, 2.75) is 35.5 Å². The van der Waals surface area contributed by atoms with Crippen LogP contribution in [0, 0.1) is 5.92 Å². The molecule has 1 aromatic rings. The van der Waals surface area contributed by atoms with Crippen LogP contribution in [0.3, 0.4) is 0 Å². The summed E-state index contributed by atoms with van der Waals surface area (Å²) in [5, 5.41) is 2.73. The molecular formula is C15H22N2O5S2. The summed E-state index contributed by atoms with van der Waals surface area (Å²) in [6.45, 7) is 0.296. The van der Waals surface area contributed by atoms with Gasteiger partial charge in [0.15, 0.2) is 9.84 Å². The summed E-state index contributed by atoms with van der Waals surface area (Å²) >= 11 is 0. The normalized spacial score (nSPS) is 16.2. The Balaban J connectivity index is 1.86. The molecule has 2 N–H and O–H groups in total. The molecule has 1 aliphatic rings. The number of benzene rings is 1. The minimum atomic E-state index is -3.74. The van der Waals surface area contributed by atoms with Gasteiger partial charge in [-0.3, -0.25) is 4.79 Å². The summed E-state index contributed by atoms with van der Waals surface area (Å²) in [4.78, 5) is 11.9. The van der Waals surface area contributed by atoms with Crippen LogP contribution in [0.4, 0.5) is 0 Å². The second-order valence-electron chi connectivity index (χ2n) is 5.91. The van der Waals surface area contributed by atoms with Crippen LogP contribution in [0.25, 0.3) is 0 Å². The summed E-state index contributed by atoms with van der Waals surface area (Å²) in [6.07, 6.45) is 4.97. The van der Waals surface area contributed by atoms with Crippen molar-refractivity contribution >= 4 is 25.8 Å². The van der Waals surface area contributed by atoms with Crippen LogP contribution in [0.1, 0.15) is 25.7 Å². The highest BCUT2D eigenvalue weighted by Gasteiger charge is 2.22. The Hall–Kier alpha value is -1.45. The molecule has 0 aliphatic heterocycles. The Morgan fingerprint density at radius 2 is 1.54 bits per heavy atom. The third kappa shape index (κ3) is 5.02. The first-order valence-corrected chi connectivity index (χ1v) is 11.1. The lowest BCUT2D eigenvalue weighted by Gasteiger charge is -2.11. The summed E-state index contributed by atoms with van der Waals surface area (Å²) < 4.78 is 49.4. The minimum absolute atomic E-state index is 0.0166. The number of carbonyl (C=O) groups excluding carboxylic acids is 1. The molecule has 1 saturated carbocycles. The molecule has 1 fully saturated rings. The number of rotatable bonds is 7. The Labute approximate surface area is 142 Å². The fourth-order valence-electron chi connectivity index (χ4n) is 2.65. The topological polar surface area (TPSA) is 109 Å². The van der Waals surface area contributed by atoms with Crippen molar-refractivity contribution in [2.24, 2.45) is 5.92 Å². The Bertz CT molecular complexity index is 780. The number of carbonyl (C=O) groups is 1. The summed E-state index contributed by atoms with van der Waals surface area (Å²) in [5.41, 5.74) is 0. The average molecular weight is 374 g/mol. The molecule has 1 aromatic carbocycles. The molecule has 24 heavy (non-hydrogen) atoms. The van der Waals surface area contributed by atoms with E-state index in [1.54, 1.807) is 0 Å². The molecule has 1 amide bonds. The molecule has 2 rings (SSSR count). The Morgan fingerprint density at radius 3 is 2.08 bits per heavy atom. The number of nitrogens with one attached hydrogen (secondary N) is 2. The van der Waals surface area contributed by atoms with Crippen molar-refractivity contribution in [3.05, 3.63) is 24.3 Å². The SMILES string of the molecule is CS(=O)(=O)c1ccc(S(=O)(=O)NCCNC(=O)C2CCCC2)cc1. The standard InChI is InChI=1S/C15H22N2O5S2/c1-23(19,20)13-6-8-14(9-7-13)24(21,22)17-11-10-16-15(18)12-4-2-3-5-12/h6-9,12,17H,2-5,10-11H2,1H3,(H,16,18). The minimum Gasteiger partial charge on any atom is -0.355 e. The molecule has 0 unspecified atom stereocenters. The number of hydrogen-bond acceptors (Lipinski definition) is 5. The lowest BCUT2D eigenvalue weighted by atomic mass is 10.1. The monoisotopic (exact) mass is 374 g/mol. The molecule has 7 nitrogen and oxygen atoms in total. The van der Waals surface area contributed by atoms with E-state index in [1.165, 1.54) is 24.3 Å². The van der Waals surface area contributed by atoms with Crippen molar-refractivity contribution in [1.82, 2.24) is 10.0 Å². The van der Waals surface area contributed by atoms with E-state index in [0.717, 1.165) is 31.9 Å². The lowest BCUT2D eigenvalue weighted by Crippen LogP contribution is -2.37. The van der Waals surface area contributed by atoms with Crippen LogP contribution in [0.5, 0.6) is 0 Å². The van der Waals surface area contributed by atoms with Gasteiger partial charge in [0.25, 0.3) is 0 Å². The van der Waals surface area contributed by atoms with Gasteiger partial charge in [-0.25, -0.2) is 21.6 Å². The highest BCUT2D eigenvalue weighted by molar-refractivity contribution is 7.90. The van der Waals surface area contributed by atoms with Gasteiger partial charge in [0.1, 0.15) is 0 Å². The molecule has 0 spiro atoms. The third-order valence-electron chi connectivity index (χ3n) is 4.00. The molecule has 0 atom stereocenters. The number of sulfone groups is 1. The predicted octanol–water partition coefficient (Wildman–Crippen LogP) is 0.675. The van der Waals surface area contributed by atoms with Crippen molar-refractivity contribution < 1.29 is 21.6 Å². The zero-order valence-corrected chi connectivity index (χ0v) is 15.1. The van der Waals surface area contributed by atoms with Crippen molar-refractivity contribution in [3.8, 4) is 0 Å². The quantitative estimate of drug-likeness (QED) is 0.682. The zero-order valence-electron chi connectivity index (χ0n) is 13.5.